The third-order valence-electron chi connectivity index (χ3n) is 10.2. The van der Waals surface area contributed by atoms with Crippen LogP contribution in [-0.2, 0) is 25.5 Å². The number of aromatic nitrogens is 6. The van der Waals surface area contributed by atoms with Gasteiger partial charge in [-0.25, -0.2) is 14.2 Å². The number of alkyl halides is 1. The average molecular weight is 810 g/mol. The molecule has 306 valence electrons. The van der Waals surface area contributed by atoms with Crippen molar-refractivity contribution in [1.29, 1.82) is 0 Å². The third kappa shape index (κ3) is 11.1. The molecule has 1 atom stereocenters. The van der Waals surface area contributed by atoms with Gasteiger partial charge >= 0.3 is 5.97 Å². The summed E-state index contributed by atoms with van der Waals surface area (Å²) in [4.78, 5) is 23.7. The number of halogens is 1. The molecule has 0 bridgehead atoms. The molecule has 56 heavy (non-hydrogen) atoms. The van der Waals surface area contributed by atoms with Crippen LogP contribution >= 0.6 is 0 Å². The Morgan fingerprint density at radius 3 is 2.20 bits per heavy atom. The average Bonchev–Trinajstić information content (AvgIpc) is 3.80. The van der Waals surface area contributed by atoms with E-state index in [2.05, 4.69) is 51.0 Å². The largest absolute Gasteiger partial charge is 0.494 e. The van der Waals surface area contributed by atoms with Gasteiger partial charge in [0.1, 0.15) is 25.0 Å². The standard InChI is InChI=1S/C40H60FN7O6Si2/c1-9-54-28(2)35-37(30-12-10-29(11-13-30)36(41)40(50)51)45-38-33(31-14-15-34(42-22-31)32-23-43-47(25-32)16-17-49)24-44-48(38)39(35)46(26-52-18-20-55(3,4)5)27-53-19-21-56(6,7)8/h14-15,22-25,29-30,36,49H,2,9-13,16-21,26-27H2,1,3-8H3,(H,50,51)/t29-,30+,36?. The van der Waals surface area contributed by atoms with Crippen molar-refractivity contribution >= 4 is 39.3 Å². The van der Waals surface area contributed by atoms with E-state index in [9.17, 15) is 19.4 Å². The summed E-state index contributed by atoms with van der Waals surface area (Å²) in [5.41, 5.74) is 5.16. The maximum Gasteiger partial charge on any atom is 0.338 e. The number of carbonyl (C=O) groups is 1. The van der Waals surface area contributed by atoms with Crippen LogP contribution in [0.3, 0.4) is 0 Å². The normalized spacial score (nSPS) is 16.9. The van der Waals surface area contributed by atoms with E-state index in [1.165, 1.54) is 0 Å². The zero-order chi connectivity index (χ0) is 40.6. The molecule has 0 radical (unpaired) electrons. The predicted molar refractivity (Wildman–Crippen MR) is 223 cm³/mol. The maximum atomic E-state index is 14.7. The molecule has 1 aliphatic carbocycles. The minimum Gasteiger partial charge on any atom is -0.494 e. The minimum absolute atomic E-state index is 0.00835. The molecule has 4 aromatic rings. The second kappa shape index (κ2) is 19.0. The Morgan fingerprint density at radius 2 is 1.64 bits per heavy atom. The molecule has 1 fully saturated rings. The summed E-state index contributed by atoms with van der Waals surface area (Å²) in [6, 6.07) is 5.90. The van der Waals surface area contributed by atoms with Crippen molar-refractivity contribution in [2.75, 3.05) is 44.8 Å². The topological polar surface area (TPSA) is 149 Å². The summed E-state index contributed by atoms with van der Waals surface area (Å²) in [6.07, 6.45) is 7.18. The molecule has 0 aliphatic heterocycles. The summed E-state index contributed by atoms with van der Waals surface area (Å²) >= 11 is 0. The fourth-order valence-electron chi connectivity index (χ4n) is 6.90. The van der Waals surface area contributed by atoms with Crippen molar-refractivity contribution in [2.24, 2.45) is 5.92 Å². The van der Waals surface area contributed by atoms with Crippen molar-refractivity contribution in [1.82, 2.24) is 29.4 Å². The number of carboxylic acids is 1. The van der Waals surface area contributed by atoms with Crippen molar-refractivity contribution in [2.45, 2.75) is 103 Å². The van der Waals surface area contributed by atoms with Gasteiger partial charge < -0.3 is 29.3 Å². The summed E-state index contributed by atoms with van der Waals surface area (Å²) in [7, 11) is -2.75. The van der Waals surface area contributed by atoms with E-state index in [-0.39, 0.29) is 26.0 Å². The summed E-state index contributed by atoms with van der Waals surface area (Å²) in [6.45, 7) is 22.7. The lowest BCUT2D eigenvalue weighted by molar-refractivity contribution is -0.145. The lowest BCUT2D eigenvalue weighted by Crippen LogP contribution is -2.35. The first-order chi connectivity index (χ1) is 26.6. The molecule has 1 saturated carbocycles. The van der Waals surface area contributed by atoms with Gasteiger partial charge in [-0.15, -0.1) is 0 Å². The highest BCUT2D eigenvalue weighted by molar-refractivity contribution is 6.76. The van der Waals surface area contributed by atoms with Crippen molar-refractivity contribution in [3.8, 4) is 22.4 Å². The van der Waals surface area contributed by atoms with Crippen molar-refractivity contribution in [3.63, 3.8) is 0 Å². The van der Waals surface area contributed by atoms with Gasteiger partial charge in [0, 0.05) is 70.3 Å². The third-order valence-corrected chi connectivity index (χ3v) is 13.6. The van der Waals surface area contributed by atoms with Crippen LogP contribution in [0.1, 0.15) is 49.8 Å². The number of aliphatic hydroxyl groups is 1. The molecule has 1 unspecified atom stereocenters. The lowest BCUT2D eigenvalue weighted by atomic mass is 9.77. The summed E-state index contributed by atoms with van der Waals surface area (Å²) in [5.74, 6) is -0.992. The number of fused-ring (bicyclic) bond motifs is 1. The number of anilines is 1. The SMILES string of the molecule is C=C(OCC)c1c(N(COCC[Si](C)(C)C)COCC[Si](C)(C)C)n2ncc(-c3ccc(-c4cnn(CCO)c4)nc3)c2nc1[C@H]1CC[C@@H](C(F)C(=O)O)CC1. The molecule has 4 heterocycles. The van der Waals surface area contributed by atoms with Gasteiger partial charge in [0.15, 0.2) is 11.8 Å². The maximum absolute atomic E-state index is 14.7. The highest BCUT2D eigenvalue weighted by Gasteiger charge is 2.36. The van der Waals surface area contributed by atoms with Gasteiger partial charge in [0.25, 0.3) is 0 Å². The second-order valence-electron chi connectivity index (χ2n) is 17.1. The number of rotatable bonds is 21. The Balaban J connectivity index is 1.64. The summed E-state index contributed by atoms with van der Waals surface area (Å²) in [5, 5.41) is 28.0. The highest BCUT2D eigenvalue weighted by atomic mass is 28.3. The predicted octanol–water partition coefficient (Wildman–Crippen LogP) is 7.78. The molecule has 13 nitrogen and oxygen atoms in total. The van der Waals surface area contributed by atoms with Crippen LogP contribution in [0.4, 0.5) is 10.2 Å². The minimum atomic E-state index is -1.90. The molecule has 0 aromatic carbocycles. The fourth-order valence-corrected chi connectivity index (χ4v) is 8.41. The summed E-state index contributed by atoms with van der Waals surface area (Å²) < 4.78 is 37.2. The fraction of sp³-hybridized carbons (Fsp3) is 0.575. The van der Waals surface area contributed by atoms with Gasteiger partial charge in [-0.05, 0) is 50.8 Å². The van der Waals surface area contributed by atoms with Gasteiger partial charge in [0.2, 0.25) is 0 Å². The number of nitrogens with zero attached hydrogens (tertiary/aromatic N) is 7. The number of carboxylic acid groups (broad SMARTS) is 1. The van der Waals surface area contributed by atoms with Gasteiger partial charge in [0.05, 0.1) is 49.1 Å². The first kappa shape index (κ1) is 43.2. The number of hydrogen-bond donors (Lipinski definition) is 2. The lowest BCUT2D eigenvalue weighted by Gasteiger charge is -2.33. The van der Waals surface area contributed by atoms with Gasteiger partial charge in [-0.1, -0.05) is 51.9 Å². The van der Waals surface area contributed by atoms with Crippen LogP contribution in [0.15, 0.2) is 43.5 Å². The number of aliphatic hydroxyl groups excluding tert-OH is 1. The molecule has 2 N–H and O–H groups in total. The molecule has 1 aliphatic rings. The zero-order valence-corrected chi connectivity index (χ0v) is 36.1. The van der Waals surface area contributed by atoms with Crippen LogP contribution in [0.5, 0.6) is 0 Å². The highest BCUT2D eigenvalue weighted by Crippen LogP contribution is 2.43. The quantitative estimate of drug-likeness (QED) is 0.0368. The van der Waals surface area contributed by atoms with Crippen LogP contribution in [0, 0.1) is 5.92 Å². The molecular weight excluding hydrogens is 750 g/mol. The molecule has 4 aromatic heterocycles. The van der Waals surface area contributed by atoms with Crippen LogP contribution in [-0.4, -0.2) is 108 Å². The van der Waals surface area contributed by atoms with E-state index in [1.807, 2.05) is 34.7 Å². The Labute approximate surface area is 331 Å². The van der Waals surface area contributed by atoms with Crippen molar-refractivity contribution in [3.05, 3.63) is 54.8 Å². The number of aliphatic carboxylic acids is 1. The van der Waals surface area contributed by atoms with Crippen LogP contribution in [0.25, 0.3) is 33.8 Å². The first-order valence-electron chi connectivity index (χ1n) is 19.7. The van der Waals surface area contributed by atoms with Crippen LogP contribution < -0.4 is 4.90 Å². The number of hydrogen-bond acceptors (Lipinski definition) is 10. The van der Waals surface area contributed by atoms with Gasteiger partial charge in [-0.2, -0.15) is 14.7 Å². The Morgan fingerprint density at radius 1 is 0.982 bits per heavy atom. The number of ether oxygens (including phenoxy) is 3. The Hall–Kier alpha value is -3.97. The molecule has 0 amide bonds. The van der Waals surface area contributed by atoms with Crippen LogP contribution in [0.2, 0.25) is 51.4 Å². The molecule has 0 spiro atoms. The van der Waals surface area contributed by atoms with E-state index in [1.54, 1.807) is 23.3 Å². The Bertz CT molecular complexity index is 1890. The molecule has 5 rings (SSSR count). The molecular formula is C40H60FN7O6Si2. The Kier molecular flexibility index (Phi) is 14.6. The number of pyridine rings is 1. The molecule has 16 heteroatoms. The smallest absolute Gasteiger partial charge is 0.338 e. The van der Waals surface area contributed by atoms with E-state index in [4.69, 9.17) is 29.3 Å². The monoisotopic (exact) mass is 809 g/mol. The van der Waals surface area contributed by atoms with Crippen molar-refractivity contribution < 1.29 is 33.6 Å². The van der Waals surface area contributed by atoms with E-state index < -0.39 is 34.2 Å². The van der Waals surface area contributed by atoms with E-state index in [0.717, 1.165) is 40.2 Å². The van der Waals surface area contributed by atoms with Gasteiger partial charge in [-0.3, -0.25) is 9.67 Å². The van der Waals surface area contributed by atoms with E-state index >= 15 is 0 Å². The first-order valence-corrected chi connectivity index (χ1v) is 27.1. The molecule has 0 saturated heterocycles. The van der Waals surface area contributed by atoms with E-state index in [0.29, 0.717) is 74.8 Å². The zero-order valence-electron chi connectivity index (χ0n) is 34.1. The second-order valence-corrected chi connectivity index (χ2v) is 28.3.